The highest BCUT2D eigenvalue weighted by atomic mass is 19.3. The zero-order valence-electron chi connectivity index (χ0n) is 8.66. The number of rotatable bonds is 1. The number of nitrogens with zero attached hydrogens (tertiary/aromatic N) is 3. The highest BCUT2D eigenvalue weighted by Crippen LogP contribution is 2.39. The van der Waals surface area contributed by atoms with Crippen LogP contribution in [0.4, 0.5) is 14.6 Å². The first-order valence-electron chi connectivity index (χ1n) is 5.14. The lowest BCUT2D eigenvalue weighted by Gasteiger charge is -2.28. The van der Waals surface area contributed by atoms with Crippen LogP contribution in [0.1, 0.15) is 37.3 Å². The lowest BCUT2D eigenvalue weighted by atomic mass is 9.92. The van der Waals surface area contributed by atoms with Crippen LogP contribution in [-0.2, 0) is 0 Å². The molecule has 4 nitrogen and oxygen atoms in total. The van der Waals surface area contributed by atoms with Gasteiger partial charge in [0.1, 0.15) is 17.5 Å². The third-order valence-corrected chi connectivity index (χ3v) is 2.99. The summed E-state index contributed by atoms with van der Waals surface area (Å²) >= 11 is 0. The predicted molar refractivity (Wildman–Crippen MR) is 53.8 cm³/mol. The van der Waals surface area contributed by atoms with E-state index in [9.17, 15) is 8.78 Å². The maximum atomic E-state index is 13.0. The fraction of sp³-hybridized carbons (Fsp3) is 0.600. The third-order valence-electron chi connectivity index (χ3n) is 2.99. The molecule has 1 fully saturated rings. The van der Waals surface area contributed by atoms with Crippen LogP contribution in [0, 0.1) is 11.3 Å². The molecule has 1 saturated carbocycles. The number of hydrogen-bond acceptors (Lipinski definition) is 3. The van der Waals surface area contributed by atoms with E-state index in [1.165, 1.54) is 10.9 Å². The van der Waals surface area contributed by atoms with Crippen molar-refractivity contribution in [2.45, 2.75) is 37.6 Å². The van der Waals surface area contributed by atoms with Crippen LogP contribution in [0.15, 0.2) is 6.20 Å². The van der Waals surface area contributed by atoms with E-state index < -0.39 is 5.92 Å². The van der Waals surface area contributed by atoms with Gasteiger partial charge >= 0.3 is 0 Å². The van der Waals surface area contributed by atoms with Gasteiger partial charge in [0.15, 0.2) is 0 Å². The molecule has 0 bridgehead atoms. The Bertz CT molecular complexity index is 423. The van der Waals surface area contributed by atoms with Gasteiger partial charge in [-0.2, -0.15) is 10.4 Å². The molecular formula is C10H12F2N4. The maximum Gasteiger partial charge on any atom is 0.248 e. The Labute approximate surface area is 91.7 Å². The van der Waals surface area contributed by atoms with Crippen LogP contribution in [0.5, 0.6) is 0 Å². The minimum atomic E-state index is -2.56. The molecule has 0 spiro atoms. The van der Waals surface area contributed by atoms with Crippen molar-refractivity contribution in [3.05, 3.63) is 11.8 Å². The number of aromatic nitrogens is 2. The van der Waals surface area contributed by atoms with Crippen LogP contribution in [0.2, 0.25) is 0 Å². The third kappa shape index (κ3) is 1.85. The first kappa shape index (κ1) is 10.9. The van der Waals surface area contributed by atoms with Crippen LogP contribution < -0.4 is 5.73 Å². The molecule has 0 saturated heterocycles. The minimum absolute atomic E-state index is 0.110. The predicted octanol–water partition coefficient (Wildman–Crippen LogP) is 2.09. The molecule has 0 unspecified atom stereocenters. The van der Waals surface area contributed by atoms with E-state index in [2.05, 4.69) is 5.10 Å². The van der Waals surface area contributed by atoms with E-state index in [0.29, 0.717) is 18.4 Å². The van der Waals surface area contributed by atoms with E-state index in [1.54, 1.807) is 0 Å². The Balaban J connectivity index is 2.15. The summed E-state index contributed by atoms with van der Waals surface area (Å²) in [7, 11) is 0. The average molecular weight is 226 g/mol. The molecule has 1 aromatic rings. The van der Waals surface area contributed by atoms with E-state index in [4.69, 9.17) is 11.0 Å². The topological polar surface area (TPSA) is 67.6 Å². The summed E-state index contributed by atoms with van der Waals surface area (Å²) in [4.78, 5) is 0. The van der Waals surface area contributed by atoms with Crippen molar-refractivity contribution < 1.29 is 8.78 Å². The summed E-state index contributed by atoms with van der Waals surface area (Å²) in [6, 6.07) is 1.80. The lowest BCUT2D eigenvalue weighted by molar-refractivity contribution is -0.0447. The zero-order valence-corrected chi connectivity index (χ0v) is 8.66. The highest BCUT2D eigenvalue weighted by Gasteiger charge is 2.36. The summed E-state index contributed by atoms with van der Waals surface area (Å²) in [5.41, 5.74) is 6.01. The first-order chi connectivity index (χ1) is 7.53. The van der Waals surface area contributed by atoms with Crippen LogP contribution in [-0.4, -0.2) is 15.7 Å². The standard InChI is InChI=1S/C10H12F2N4/c11-10(12)3-1-8(2-4-10)16-9(14)7(5-13)6-15-16/h6,8H,1-4,14H2. The Kier molecular flexibility index (Phi) is 2.54. The van der Waals surface area contributed by atoms with Crippen molar-refractivity contribution in [3.63, 3.8) is 0 Å². The molecule has 0 aromatic carbocycles. The smallest absolute Gasteiger partial charge is 0.248 e. The molecule has 1 heterocycles. The Morgan fingerprint density at radius 1 is 1.50 bits per heavy atom. The van der Waals surface area contributed by atoms with Crippen molar-refractivity contribution in [2.75, 3.05) is 5.73 Å². The summed E-state index contributed by atoms with van der Waals surface area (Å²) in [6.07, 6.45) is 1.80. The Morgan fingerprint density at radius 3 is 2.62 bits per heavy atom. The number of hydrogen-bond donors (Lipinski definition) is 1. The van der Waals surface area contributed by atoms with Crippen LogP contribution in [0.3, 0.4) is 0 Å². The summed E-state index contributed by atoms with van der Waals surface area (Å²) in [6.45, 7) is 0. The van der Waals surface area contributed by atoms with E-state index in [1.807, 2.05) is 6.07 Å². The van der Waals surface area contributed by atoms with Gasteiger partial charge in [-0.1, -0.05) is 0 Å². The normalized spacial score (nSPS) is 20.6. The molecule has 0 atom stereocenters. The van der Waals surface area contributed by atoms with Crippen molar-refractivity contribution in [2.24, 2.45) is 0 Å². The monoisotopic (exact) mass is 226 g/mol. The number of nitrogens with two attached hydrogens (primary N) is 1. The molecule has 2 N–H and O–H groups in total. The molecular weight excluding hydrogens is 214 g/mol. The van der Waals surface area contributed by atoms with Crippen molar-refractivity contribution >= 4 is 5.82 Å². The van der Waals surface area contributed by atoms with Gasteiger partial charge in [0, 0.05) is 12.8 Å². The average Bonchev–Trinajstić information content (AvgIpc) is 2.60. The highest BCUT2D eigenvalue weighted by molar-refractivity contribution is 5.47. The van der Waals surface area contributed by atoms with Gasteiger partial charge < -0.3 is 5.73 Å². The number of halogens is 2. The minimum Gasteiger partial charge on any atom is -0.383 e. The van der Waals surface area contributed by atoms with Gasteiger partial charge in [-0.05, 0) is 12.8 Å². The number of nitriles is 1. The first-order valence-corrected chi connectivity index (χ1v) is 5.14. The van der Waals surface area contributed by atoms with E-state index >= 15 is 0 Å². The van der Waals surface area contributed by atoms with Gasteiger partial charge in [0.2, 0.25) is 5.92 Å². The lowest BCUT2D eigenvalue weighted by Crippen LogP contribution is -2.27. The Morgan fingerprint density at radius 2 is 2.12 bits per heavy atom. The molecule has 1 aliphatic rings. The quantitative estimate of drug-likeness (QED) is 0.797. The van der Waals surface area contributed by atoms with Gasteiger partial charge in [0.25, 0.3) is 0 Å². The molecule has 1 aromatic heterocycles. The second-order valence-corrected chi connectivity index (χ2v) is 4.09. The van der Waals surface area contributed by atoms with Gasteiger partial charge in [0.05, 0.1) is 12.2 Å². The van der Waals surface area contributed by atoms with Crippen molar-refractivity contribution in [3.8, 4) is 6.07 Å². The molecule has 0 aliphatic heterocycles. The molecule has 0 amide bonds. The fourth-order valence-electron chi connectivity index (χ4n) is 2.02. The molecule has 0 radical (unpaired) electrons. The largest absolute Gasteiger partial charge is 0.383 e. The molecule has 6 heteroatoms. The van der Waals surface area contributed by atoms with Gasteiger partial charge in [-0.15, -0.1) is 0 Å². The molecule has 16 heavy (non-hydrogen) atoms. The maximum absolute atomic E-state index is 13.0. The molecule has 2 rings (SSSR count). The zero-order chi connectivity index (χ0) is 11.8. The van der Waals surface area contributed by atoms with E-state index in [0.717, 1.165) is 0 Å². The second-order valence-electron chi connectivity index (χ2n) is 4.09. The van der Waals surface area contributed by atoms with Crippen LogP contribution in [0.25, 0.3) is 0 Å². The van der Waals surface area contributed by atoms with Gasteiger partial charge in [-0.25, -0.2) is 13.5 Å². The van der Waals surface area contributed by atoms with Gasteiger partial charge in [-0.3, -0.25) is 0 Å². The molecule has 1 aliphatic carbocycles. The SMILES string of the molecule is N#Cc1cnn(C2CCC(F)(F)CC2)c1N. The van der Waals surface area contributed by atoms with Crippen molar-refractivity contribution in [1.82, 2.24) is 9.78 Å². The number of anilines is 1. The summed E-state index contributed by atoms with van der Waals surface area (Å²) < 4.78 is 27.4. The summed E-state index contributed by atoms with van der Waals surface area (Å²) in [5.74, 6) is -2.28. The van der Waals surface area contributed by atoms with E-state index in [-0.39, 0.29) is 24.7 Å². The number of alkyl halides is 2. The fourth-order valence-corrected chi connectivity index (χ4v) is 2.02. The molecule has 86 valence electrons. The number of nitrogen functional groups attached to an aromatic ring is 1. The summed E-state index contributed by atoms with van der Waals surface area (Å²) in [5, 5.41) is 12.7. The Hall–Kier alpha value is -1.64. The second kappa shape index (κ2) is 3.74. The van der Waals surface area contributed by atoms with Crippen LogP contribution >= 0.6 is 0 Å². The van der Waals surface area contributed by atoms with Crippen molar-refractivity contribution in [1.29, 1.82) is 5.26 Å².